The lowest BCUT2D eigenvalue weighted by Crippen LogP contribution is -2.38. The summed E-state index contributed by atoms with van der Waals surface area (Å²) in [6.45, 7) is 9.74. The molecule has 2 aromatic heterocycles. The standard InChI is InChI=1S/C18H26N6O/c1-11(2)16-15(17(25)23(5)14-6-7-19-9-14)10-24(22-16)18-20-12(3)8-13(4)21-18/h8,10-11,14,19H,6-7,9H2,1-5H3/t14-/m1/s1. The van der Waals surface area contributed by atoms with Crippen LogP contribution in [0.25, 0.3) is 5.95 Å². The molecule has 1 N–H and O–H groups in total. The number of aryl methyl sites for hydroxylation is 2. The lowest BCUT2D eigenvalue weighted by molar-refractivity contribution is 0.0742. The van der Waals surface area contributed by atoms with Crippen LogP contribution < -0.4 is 5.32 Å². The van der Waals surface area contributed by atoms with Crippen LogP contribution in [0.2, 0.25) is 0 Å². The van der Waals surface area contributed by atoms with Gasteiger partial charge in [-0.25, -0.2) is 14.6 Å². The summed E-state index contributed by atoms with van der Waals surface area (Å²) in [5.74, 6) is 0.651. The van der Waals surface area contributed by atoms with Crippen molar-refractivity contribution in [1.29, 1.82) is 0 Å². The van der Waals surface area contributed by atoms with E-state index in [9.17, 15) is 4.79 Å². The van der Waals surface area contributed by atoms with Gasteiger partial charge < -0.3 is 10.2 Å². The number of aromatic nitrogens is 4. The van der Waals surface area contributed by atoms with E-state index in [4.69, 9.17) is 0 Å². The average Bonchev–Trinajstić information content (AvgIpc) is 3.22. The van der Waals surface area contributed by atoms with Crippen molar-refractivity contribution in [3.8, 4) is 5.95 Å². The SMILES string of the molecule is Cc1cc(C)nc(-n2cc(C(=O)N(C)[C@@H]3CCNC3)c(C(C)C)n2)n1. The van der Waals surface area contributed by atoms with Crippen LogP contribution in [0.5, 0.6) is 0 Å². The second-order valence-electron chi connectivity index (χ2n) is 7.04. The molecule has 0 aliphatic carbocycles. The summed E-state index contributed by atoms with van der Waals surface area (Å²) in [6, 6.07) is 2.15. The predicted molar refractivity (Wildman–Crippen MR) is 96.1 cm³/mol. The minimum atomic E-state index is 0.00743. The molecule has 0 aromatic carbocycles. The van der Waals surface area contributed by atoms with Crippen LogP contribution in [0, 0.1) is 13.8 Å². The number of rotatable bonds is 4. The number of hydrogen-bond acceptors (Lipinski definition) is 5. The Bertz CT molecular complexity index is 756. The fourth-order valence-corrected chi connectivity index (χ4v) is 3.22. The lowest BCUT2D eigenvalue weighted by atomic mass is 10.0. The Balaban J connectivity index is 1.98. The third-order valence-corrected chi connectivity index (χ3v) is 4.60. The predicted octanol–water partition coefficient (Wildman–Crippen LogP) is 1.84. The first kappa shape index (κ1) is 17.5. The van der Waals surface area contributed by atoms with E-state index >= 15 is 0 Å². The van der Waals surface area contributed by atoms with Crippen molar-refractivity contribution in [2.45, 2.75) is 46.1 Å². The van der Waals surface area contributed by atoms with Gasteiger partial charge in [0.15, 0.2) is 0 Å². The van der Waals surface area contributed by atoms with Crippen molar-refractivity contribution < 1.29 is 4.79 Å². The zero-order valence-electron chi connectivity index (χ0n) is 15.6. The van der Waals surface area contributed by atoms with Gasteiger partial charge in [-0.3, -0.25) is 4.79 Å². The van der Waals surface area contributed by atoms with Crippen LogP contribution in [0.1, 0.15) is 53.6 Å². The van der Waals surface area contributed by atoms with E-state index in [-0.39, 0.29) is 17.9 Å². The molecular formula is C18H26N6O. The van der Waals surface area contributed by atoms with Gasteiger partial charge >= 0.3 is 0 Å². The summed E-state index contributed by atoms with van der Waals surface area (Å²) in [6.07, 6.45) is 2.75. The Kier molecular flexibility index (Phi) is 4.85. The molecule has 1 atom stereocenters. The van der Waals surface area contributed by atoms with Crippen LogP contribution in [0.4, 0.5) is 0 Å². The van der Waals surface area contributed by atoms with Gasteiger partial charge in [0.25, 0.3) is 11.9 Å². The molecule has 0 saturated carbocycles. The maximum Gasteiger partial charge on any atom is 0.257 e. The fraction of sp³-hybridized carbons (Fsp3) is 0.556. The van der Waals surface area contributed by atoms with Crippen LogP contribution in [0.3, 0.4) is 0 Å². The van der Waals surface area contributed by atoms with E-state index in [1.165, 1.54) is 0 Å². The van der Waals surface area contributed by atoms with Gasteiger partial charge in [-0.15, -0.1) is 0 Å². The van der Waals surface area contributed by atoms with E-state index in [0.717, 1.165) is 36.6 Å². The normalized spacial score (nSPS) is 17.3. The van der Waals surface area contributed by atoms with Gasteiger partial charge in [0.1, 0.15) is 0 Å². The number of likely N-dealkylation sites (N-methyl/N-ethyl adjacent to an activating group) is 1. The molecule has 7 heteroatoms. The van der Waals surface area contributed by atoms with Crippen LogP contribution in [-0.2, 0) is 0 Å². The van der Waals surface area contributed by atoms with Gasteiger partial charge in [0, 0.05) is 37.2 Å². The molecule has 25 heavy (non-hydrogen) atoms. The van der Waals surface area contributed by atoms with E-state index in [1.807, 2.05) is 45.7 Å². The van der Waals surface area contributed by atoms with Crippen LogP contribution >= 0.6 is 0 Å². The molecule has 0 radical (unpaired) electrons. The van der Waals surface area contributed by atoms with Gasteiger partial charge in [0.2, 0.25) is 0 Å². The molecule has 7 nitrogen and oxygen atoms in total. The zero-order chi connectivity index (χ0) is 18.1. The summed E-state index contributed by atoms with van der Waals surface area (Å²) >= 11 is 0. The Labute approximate surface area is 148 Å². The van der Waals surface area contributed by atoms with E-state index in [2.05, 4.69) is 20.4 Å². The maximum atomic E-state index is 13.0. The van der Waals surface area contributed by atoms with Crippen molar-refractivity contribution in [3.05, 3.63) is 34.9 Å². The minimum absolute atomic E-state index is 0.00743. The molecule has 1 aliphatic heterocycles. The largest absolute Gasteiger partial charge is 0.337 e. The molecule has 134 valence electrons. The molecular weight excluding hydrogens is 316 g/mol. The highest BCUT2D eigenvalue weighted by atomic mass is 16.2. The monoisotopic (exact) mass is 342 g/mol. The molecule has 0 spiro atoms. The average molecular weight is 342 g/mol. The van der Waals surface area contributed by atoms with Crippen molar-refractivity contribution >= 4 is 5.91 Å². The first-order valence-electron chi connectivity index (χ1n) is 8.77. The number of carbonyl (C=O) groups is 1. The summed E-state index contributed by atoms with van der Waals surface area (Å²) in [5.41, 5.74) is 3.18. The van der Waals surface area contributed by atoms with Crippen molar-refractivity contribution in [2.24, 2.45) is 0 Å². The topological polar surface area (TPSA) is 75.9 Å². The third-order valence-electron chi connectivity index (χ3n) is 4.60. The van der Waals surface area contributed by atoms with Gasteiger partial charge in [-0.05, 0) is 38.8 Å². The highest BCUT2D eigenvalue weighted by Crippen LogP contribution is 2.22. The van der Waals surface area contributed by atoms with E-state index in [1.54, 1.807) is 10.9 Å². The maximum absolute atomic E-state index is 13.0. The summed E-state index contributed by atoms with van der Waals surface area (Å²) in [7, 11) is 1.87. The summed E-state index contributed by atoms with van der Waals surface area (Å²) in [4.78, 5) is 23.8. The minimum Gasteiger partial charge on any atom is -0.337 e. The van der Waals surface area contributed by atoms with Crippen molar-refractivity contribution in [3.63, 3.8) is 0 Å². The molecule has 3 heterocycles. The second-order valence-corrected chi connectivity index (χ2v) is 7.04. The first-order chi connectivity index (χ1) is 11.9. The van der Waals surface area contributed by atoms with Gasteiger partial charge in [-0.1, -0.05) is 13.8 Å². The molecule has 1 fully saturated rings. The molecule has 2 aromatic rings. The Morgan fingerprint density at radius 2 is 2.00 bits per heavy atom. The van der Waals surface area contributed by atoms with Gasteiger partial charge in [-0.2, -0.15) is 5.10 Å². The fourth-order valence-electron chi connectivity index (χ4n) is 3.22. The molecule has 1 amide bonds. The molecule has 1 aliphatic rings. The van der Waals surface area contributed by atoms with Crippen LogP contribution in [0.15, 0.2) is 12.3 Å². The number of carbonyl (C=O) groups excluding carboxylic acids is 1. The third kappa shape index (κ3) is 3.56. The molecule has 3 rings (SSSR count). The highest BCUT2D eigenvalue weighted by Gasteiger charge is 2.28. The van der Waals surface area contributed by atoms with Gasteiger partial charge in [0.05, 0.1) is 11.3 Å². The summed E-state index contributed by atoms with van der Waals surface area (Å²) in [5, 5.41) is 7.93. The van der Waals surface area contributed by atoms with E-state index in [0.29, 0.717) is 11.5 Å². The van der Waals surface area contributed by atoms with Crippen molar-refractivity contribution in [1.82, 2.24) is 30.0 Å². The molecule has 0 bridgehead atoms. The highest BCUT2D eigenvalue weighted by molar-refractivity contribution is 5.95. The number of hydrogen-bond donors (Lipinski definition) is 1. The Morgan fingerprint density at radius 3 is 2.56 bits per heavy atom. The quantitative estimate of drug-likeness (QED) is 0.917. The Morgan fingerprint density at radius 1 is 1.32 bits per heavy atom. The summed E-state index contributed by atoms with van der Waals surface area (Å²) < 4.78 is 1.63. The second kappa shape index (κ2) is 6.92. The number of nitrogens with one attached hydrogen (secondary N) is 1. The lowest BCUT2D eigenvalue weighted by Gasteiger charge is -2.23. The van der Waals surface area contributed by atoms with E-state index < -0.39 is 0 Å². The first-order valence-corrected chi connectivity index (χ1v) is 8.77. The zero-order valence-corrected chi connectivity index (χ0v) is 15.6. The smallest absolute Gasteiger partial charge is 0.257 e. The Hall–Kier alpha value is -2.28. The molecule has 1 saturated heterocycles. The molecule has 0 unspecified atom stereocenters. The van der Waals surface area contributed by atoms with Crippen LogP contribution in [-0.4, -0.2) is 56.7 Å². The van der Waals surface area contributed by atoms with Crippen molar-refractivity contribution in [2.75, 3.05) is 20.1 Å². The number of nitrogens with zero attached hydrogens (tertiary/aromatic N) is 5. The number of amides is 1.